The Morgan fingerprint density at radius 3 is 2.52 bits per heavy atom. The summed E-state index contributed by atoms with van der Waals surface area (Å²) in [6.45, 7) is 5.96. The monoisotopic (exact) mass is 357 g/mol. The lowest BCUT2D eigenvalue weighted by atomic mass is 10.0. The van der Waals surface area contributed by atoms with Crippen LogP contribution in [0.15, 0.2) is 84.0 Å². The van der Waals surface area contributed by atoms with Crippen LogP contribution in [-0.4, -0.2) is 15.7 Å². The van der Waals surface area contributed by atoms with Gasteiger partial charge in [-0.2, -0.15) is 4.98 Å². The number of hydrogen-bond donors (Lipinski definition) is 1. The van der Waals surface area contributed by atoms with Crippen molar-refractivity contribution in [2.24, 2.45) is 4.99 Å². The number of H-pyrrole nitrogens is 1. The first kappa shape index (κ1) is 18.4. The molecule has 0 unspecified atom stereocenters. The zero-order chi connectivity index (χ0) is 19.1. The standard InChI is InChI=1S/C23H23N3O/c1-4-6-9-20(17(3)24-16-5-2)18-12-14-19(15-13-18)27-23-25-21-10-7-8-11-22(21)26-23/h4-16H,1-3H3,(H,25,26)/b6-4-,16-5-,20-9+,24-17+. The molecule has 0 fully saturated rings. The third kappa shape index (κ3) is 4.61. The van der Waals surface area contributed by atoms with Gasteiger partial charge < -0.3 is 9.72 Å². The summed E-state index contributed by atoms with van der Waals surface area (Å²) in [6, 6.07) is 16.3. The van der Waals surface area contributed by atoms with Crippen LogP contribution in [0.25, 0.3) is 16.6 Å². The smallest absolute Gasteiger partial charge is 0.300 e. The van der Waals surface area contributed by atoms with Crippen LogP contribution in [-0.2, 0) is 0 Å². The summed E-state index contributed by atoms with van der Waals surface area (Å²) in [4.78, 5) is 12.1. The molecule has 2 aromatic carbocycles. The van der Waals surface area contributed by atoms with E-state index in [4.69, 9.17) is 4.74 Å². The van der Waals surface area contributed by atoms with E-state index in [1.807, 2.05) is 87.5 Å². The predicted octanol–water partition coefficient (Wildman–Crippen LogP) is 6.31. The number of fused-ring (bicyclic) bond motifs is 1. The minimum absolute atomic E-state index is 0.486. The van der Waals surface area contributed by atoms with Crippen molar-refractivity contribution in [2.75, 3.05) is 0 Å². The molecule has 0 saturated heterocycles. The first-order chi connectivity index (χ1) is 13.2. The molecule has 0 spiro atoms. The van der Waals surface area contributed by atoms with Crippen molar-refractivity contribution in [1.29, 1.82) is 0 Å². The third-order valence-corrected chi connectivity index (χ3v) is 4.01. The van der Waals surface area contributed by atoms with Crippen molar-refractivity contribution in [1.82, 2.24) is 9.97 Å². The summed E-state index contributed by atoms with van der Waals surface area (Å²) in [7, 11) is 0. The molecule has 0 bridgehead atoms. The molecule has 136 valence electrons. The summed E-state index contributed by atoms with van der Waals surface area (Å²) in [5.41, 5.74) is 4.95. The lowest BCUT2D eigenvalue weighted by Gasteiger charge is -2.08. The molecule has 4 heteroatoms. The van der Waals surface area contributed by atoms with E-state index in [0.29, 0.717) is 6.01 Å². The highest BCUT2D eigenvalue weighted by atomic mass is 16.5. The van der Waals surface area contributed by atoms with Crippen molar-refractivity contribution in [3.63, 3.8) is 0 Å². The summed E-state index contributed by atoms with van der Waals surface area (Å²) >= 11 is 0. The molecule has 0 atom stereocenters. The number of rotatable bonds is 6. The Kier molecular flexibility index (Phi) is 6.00. The van der Waals surface area contributed by atoms with Crippen LogP contribution in [0.5, 0.6) is 11.8 Å². The highest BCUT2D eigenvalue weighted by Gasteiger charge is 2.07. The molecule has 1 aromatic heterocycles. The fourth-order valence-electron chi connectivity index (χ4n) is 2.67. The summed E-state index contributed by atoms with van der Waals surface area (Å²) < 4.78 is 5.86. The van der Waals surface area contributed by atoms with E-state index in [1.165, 1.54) is 0 Å². The molecule has 0 aliphatic carbocycles. The van der Waals surface area contributed by atoms with Gasteiger partial charge in [-0.15, -0.1) is 0 Å². The van der Waals surface area contributed by atoms with E-state index in [0.717, 1.165) is 33.6 Å². The van der Waals surface area contributed by atoms with Crippen LogP contribution < -0.4 is 4.74 Å². The predicted molar refractivity (Wildman–Crippen MR) is 113 cm³/mol. The van der Waals surface area contributed by atoms with Gasteiger partial charge in [0.25, 0.3) is 6.01 Å². The Hall–Kier alpha value is -3.40. The van der Waals surface area contributed by atoms with E-state index >= 15 is 0 Å². The van der Waals surface area contributed by atoms with Crippen LogP contribution in [0.3, 0.4) is 0 Å². The molecule has 0 aliphatic rings. The lowest BCUT2D eigenvalue weighted by Crippen LogP contribution is -1.96. The van der Waals surface area contributed by atoms with Crippen molar-refractivity contribution in [3.8, 4) is 11.8 Å². The topological polar surface area (TPSA) is 50.3 Å². The number of ether oxygens (including phenoxy) is 1. The van der Waals surface area contributed by atoms with Gasteiger partial charge in [-0.3, -0.25) is 4.99 Å². The number of aromatic amines is 1. The Labute approximate surface area is 159 Å². The summed E-state index contributed by atoms with van der Waals surface area (Å²) in [5, 5.41) is 0. The first-order valence-corrected chi connectivity index (χ1v) is 8.93. The molecular weight excluding hydrogens is 334 g/mol. The lowest BCUT2D eigenvalue weighted by molar-refractivity contribution is 0.449. The Balaban J connectivity index is 1.83. The number of aromatic nitrogens is 2. The van der Waals surface area contributed by atoms with Gasteiger partial charge in [-0.05, 0) is 50.6 Å². The normalized spacial score (nSPS) is 13.1. The van der Waals surface area contributed by atoms with Gasteiger partial charge in [0.05, 0.1) is 11.0 Å². The largest absolute Gasteiger partial charge is 0.426 e. The summed E-state index contributed by atoms with van der Waals surface area (Å²) in [5.74, 6) is 0.728. The van der Waals surface area contributed by atoms with Crippen molar-refractivity contribution in [3.05, 3.63) is 84.6 Å². The molecule has 4 nitrogen and oxygen atoms in total. The second-order valence-electron chi connectivity index (χ2n) is 5.99. The van der Waals surface area contributed by atoms with Gasteiger partial charge in [-0.1, -0.05) is 48.6 Å². The maximum atomic E-state index is 5.86. The van der Waals surface area contributed by atoms with Crippen molar-refractivity contribution < 1.29 is 4.74 Å². The van der Waals surface area contributed by atoms with E-state index in [2.05, 4.69) is 21.0 Å². The highest BCUT2D eigenvalue weighted by Crippen LogP contribution is 2.25. The molecule has 3 rings (SSSR count). The van der Waals surface area contributed by atoms with Gasteiger partial charge >= 0.3 is 0 Å². The number of imidazole rings is 1. The van der Waals surface area contributed by atoms with Gasteiger partial charge in [0.1, 0.15) is 5.75 Å². The van der Waals surface area contributed by atoms with Crippen LogP contribution in [0, 0.1) is 0 Å². The fourth-order valence-corrected chi connectivity index (χ4v) is 2.67. The maximum absolute atomic E-state index is 5.86. The Bertz CT molecular complexity index is 988. The molecular formula is C23H23N3O. The van der Waals surface area contributed by atoms with E-state index < -0.39 is 0 Å². The quantitative estimate of drug-likeness (QED) is 0.415. The number of nitrogens with one attached hydrogen (secondary N) is 1. The zero-order valence-corrected chi connectivity index (χ0v) is 15.8. The number of para-hydroxylation sites is 2. The number of allylic oxidation sites excluding steroid dienone is 5. The molecule has 27 heavy (non-hydrogen) atoms. The molecule has 0 amide bonds. The molecule has 0 radical (unpaired) electrons. The molecule has 0 aliphatic heterocycles. The van der Waals surface area contributed by atoms with E-state index in [-0.39, 0.29) is 0 Å². The van der Waals surface area contributed by atoms with Crippen LogP contribution in [0.1, 0.15) is 26.3 Å². The second-order valence-corrected chi connectivity index (χ2v) is 5.99. The second kappa shape index (κ2) is 8.81. The Morgan fingerprint density at radius 2 is 1.81 bits per heavy atom. The Morgan fingerprint density at radius 1 is 1.04 bits per heavy atom. The number of aliphatic imine (C=N–C) groups is 1. The van der Waals surface area contributed by atoms with Crippen molar-refractivity contribution in [2.45, 2.75) is 20.8 Å². The van der Waals surface area contributed by atoms with Gasteiger partial charge in [0, 0.05) is 17.5 Å². The average Bonchev–Trinajstić information content (AvgIpc) is 3.10. The molecule has 0 saturated carbocycles. The summed E-state index contributed by atoms with van der Waals surface area (Å²) in [6.07, 6.45) is 9.81. The zero-order valence-electron chi connectivity index (χ0n) is 15.8. The van der Waals surface area contributed by atoms with Gasteiger partial charge in [0.2, 0.25) is 0 Å². The number of benzene rings is 2. The van der Waals surface area contributed by atoms with Crippen molar-refractivity contribution >= 4 is 22.3 Å². The molecule has 1 heterocycles. The molecule has 1 N–H and O–H groups in total. The van der Waals surface area contributed by atoms with Crippen LogP contribution in [0.2, 0.25) is 0 Å². The minimum atomic E-state index is 0.486. The number of nitrogens with zero attached hydrogens (tertiary/aromatic N) is 2. The van der Waals surface area contributed by atoms with Gasteiger partial charge in [0.15, 0.2) is 0 Å². The number of hydrogen-bond acceptors (Lipinski definition) is 3. The molecule has 3 aromatic rings. The fraction of sp³-hybridized carbons (Fsp3) is 0.130. The average molecular weight is 357 g/mol. The highest BCUT2D eigenvalue weighted by molar-refractivity contribution is 6.23. The van der Waals surface area contributed by atoms with E-state index in [9.17, 15) is 0 Å². The SMILES string of the molecule is C\C=C/C=C(\C(C)=N\C=C/C)c1ccc(Oc2nc3ccccc3[nH]2)cc1. The van der Waals surface area contributed by atoms with Gasteiger partial charge in [-0.25, -0.2) is 0 Å². The maximum Gasteiger partial charge on any atom is 0.300 e. The van der Waals surface area contributed by atoms with E-state index in [1.54, 1.807) is 6.20 Å². The van der Waals surface area contributed by atoms with Crippen LogP contribution >= 0.6 is 0 Å². The minimum Gasteiger partial charge on any atom is -0.426 e. The third-order valence-electron chi connectivity index (χ3n) is 4.01. The van der Waals surface area contributed by atoms with Crippen LogP contribution in [0.4, 0.5) is 0 Å². The first-order valence-electron chi connectivity index (χ1n) is 8.93.